The predicted molar refractivity (Wildman–Crippen MR) is 73.7 cm³/mol. The lowest BCUT2D eigenvalue weighted by Crippen LogP contribution is -2.38. The number of nitrogen functional groups attached to an aromatic ring is 1. The zero-order valence-corrected chi connectivity index (χ0v) is 11.3. The molecule has 15 heavy (non-hydrogen) atoms. The molecule has 0 atom stereocenters. The van der Waals surface area contributed by atoms with Crippen molar-refractivity contribution in [1.82, 2.24) is 0 Å². The van der Waals surface area contributed by atoms with Gasteiger partial charge in [0.25, 0.3) is 0 Å². The normalized spacial score (nSPS) is 18.1. The van der Waals surface area contributed by atoms with Crippen molar-refractivity contribution in [2.75, 3.05) is 35.2 Å². The first-order chi connectivity index (χ1) is 7.16. The zero-order chi connectivity index (χ0) is 10.8. The van der Waals surface area contributed by atoms with E-state index in [-0.39, 0.29) is 0 Å². The summed E-state index contributed by atoms with van der Waals surface area (Å²) in [5.41, 5.74) is 7.86. The van der Waals surface area contributed by atoms with Crippen LogP contribution in [0, 0.1) is 3.57 Å². The Morgan fingerprint density at radius 1 is 1.33 bits per heavy atom. The minimum atomic E-state index is -0.630. The third-order valence-corrected chi connectivity index (χ3v) is 4.45. The standard InChI is InChI=1S/C10H13IN2OS/c11-8-1-2-10(9(12)7-8)13-3-5-15(14)6-4-13/h1-2,7H,3-6,12H2. The molecule has 1 aromatic rings. The van der Waals surface area contributed by atoms with E-state index in [0.717, 1.165) is 39.5 Å². The van der Waals surface area contributed by atoms with Crippen LogP contribution in [-0.2, 0) is 10.8 Å². The minimum Gasteiger partial charge on any atom is -0.397 e. The van der Waals surface area contributed by atoms with Crippen LogP contribution in [0.2, 0.25) is 0 Å². The average Bonchev–Trinajstić information content (AvgIpc) is 2.20. The first kappa shape index (κ1) is 11.2. The summed E-state index contributed by atoms with van der Waals surface area (Å²) < 4.78 is 12.4. The Hall–Kier alpha value is -0.300. The summed E-state index contributed by atoms with van der Waals surface area (Å²) in [4.78, 5) is 2.22. The molecule has 2 N–H and O–H groups in total. The minimum absolute atomic E-state index is 0.630. The molecule has 3 nitrogen and oxygen atoms in total. The quantitative estimate of drug-likeness (QED) is 0.624. The highest BCUT2D eigenvalue weighted by Crippen LogP contribution is 2.25. The smallest absolute Gasteiger partial charge is 0.0601 e. The number of halogens is 1. The molecule has 1 saturated heterocycles. The maximum Gasteiger partial charge on any atom is 0.0601 e. The zero-order valence-electron chi connectivity index (χ0n) is 8.28. The Kier molecular flexibility index (Phi) is 3.50. The molecule has 1 fully saturated rings. The van der Waals surface area contributed by atoms with E-state index in [0.29, 0.717) is 0 Å². The third-order valence-electron chi connectivity index (χ3n) is 2.51. The van der Waals surface area contributed by atoms with Gasteiger partial charge in [0.05, 0.1) is 11.4 Å². The Morgan fingerprint density at radius 3 is 2.60 bits per heavy atom. The van der Waals surface area contributed by atoms with Gasteiger partial charge in [0.15, 0.2) is 0 Å². The van der Waals surface area contributed by atoms with Gasteiger partial charge in [-0.3, -0.25) is 4.21 Å². The molecule has 0 amide bonds. The van der Waals surface area contributed by atoms with Crippen molar-refractivity contribution in [3.63, 3.8) is 0 Å². The van der Waals surface area contributed by atoms with E-state index in [1.807, 2.05) is 12.1 Å². The van der Waals surface area contributed by atoms with E-state index in [4.69, 9.17) is 5.73 Å². The molecule has 82 valence electrons. The van der Waals surface area contributed by atoms with Crippen LogP contribution in [-0.4, -0.2) is 28.8 Å². The molecule has 0 aliphatic carbocycles. The number of nitrogens with two attached hydrogens (primary N) is 1. The van der Waals surface area contributed by atoms with Crippen molar-refractivity contribution < 1.29 is 4.21 Å². The van der Waals surface area contributed by atoms with Crippen molar-refractivity contribution in [2.45, 2.75) is 0 Å². The van der Waals surface area contributed by atoms with Crippen LogP contribution in [0.25, 0.3) is 0 Å². The van der Waals surface area contributed by atoms with Gasteiger partial charge >= 0.3 is 0 Å². The van der Waals surface area contributed by atoms with Crippen molar-refractivity contribution in [3.05, 3.63) is 21.8 Å². The van der Waals surface area contributed by atoms with Crippen LogP contribution < -0.4 is 10.6 Å². The number of hydrogen-bond acceptors (Lipinski definition) is 3. The van der Waals surface area contributed by atoms with Crippen LogP contribution >= 0.6 is 22.6 Å². The number of anilines is 2. The molecule has 1 aromatic carbocycles. The van der Waals surface area contributed by atoms with E-state index in [1.54, 1.807) is 0 Å². The molecule has 0 unspecified atom stereocenters. The van der Waals surface area contributed by atoms with Gasteiger partial charge in [0, 0.05) is 39.0 Å². The summed E-state index contributed by atoms with van der Waals surface area (Å²) in [6.07, 6.45) is 0. The van der Waals surface area contributed by atoms with E-state index in [2.05, 4.69) is 33.6 Å². The number of rotatable bonds is 1. The van der Waals surface area contributed by atoms with Gasteiger partial charge in [-0.2, -0.15) is 0 Å². The van der Waals surface area contributed by atoms with E-state index < -0.39 is 10.8 Å². The van der Waals surface area contributed by atoms with Gasteiger partial charge in [0.2, 0.25) is 0 Å². The van der Waals surface area contributed by atoms with Crippen LogP contribution in [0.5, 0.6) is 0 Å². The Balaban J connectivity index is 2.19. The summed E-state index contributed by atoms with van der Waals surface area (Å²) in [7, 11) is -0.630. The van der Waals surface area contributed by atoms with Gasteiger partial charge in [-0.1, -0.05) is 0 Å². The molecule has 0 aromatic heterocycles. The van der Waals surface area contributed by atoms with E-state index in [1.165, 1.54) is 0 Å². The van der Waals surface area contributed by atoms with Gasteiger partial charge in [-0.05, 0) is 40.8 Å². The second-order valence-corrected chi connectivity index (χ2v) is 6.48. The highest BCUT2D eigenvalue weighted by molar-refractivity contribution is 14.1. The predicted octanol–water partition coefficient (Wildman–Crippen LogP) is 1.44. The lowest BCUT2D eigenvalue weighted by Gasteiger charge is -2.29. The summed E-state index contributed by atoms with van der Waals surface area (Å²) in [5, 5.41) is 0. The fourth-order valence-electron chi connectivity index (χ4n) is 1.69. The first-order valence-corrected chi connectivity index (χ1v) is 7.38. The molecule has 0 radical (unpaired) electrons. The lowest BCUT2D eigenvalue weighted by molar-refractivity contribution is 0.673. The van der Waals surface area contributed by atoms with Crippen LogP contribution in [0.4, 0.5) is 11.4 Å². The Labute approximate surface area is 106 Å². The Bertz CT molecular complexity index is 387. The fraction of sp³-hybridized carbons (Fsp3) is 0.400. The monoisotopic (exact) mass is 336 g/mol. The molecule has 1 heterocycles. The summed E-state index contributed by atoms with van der Waals surface area (Å²) >= 11 is 2.25. The Morgan fingerprint density at radius 2 is 2.00 bits per heavy atom. The van der Waals surface area contributed by atoms with E-state index >= 15 is 0 Å². The molecule has 2 rings (SSSR count). The summed E-state index contributed by atoms with van der Waals surface area (Å²) in [6, 6.07) is 6.07. The lowest BCUT2D eigenvalue weighted by atomic mass is 10.2. The van der Waals surface area contributed by atoms with Gasteiger partial charge in [0.1, 0.15) is 0 Å². The van der Waals surface area contributed by atoms with E-state index in [9.17, 15) is 4.21 Å². The van der Waals surface area contributed by atoms with Crippen molar-refractivity contribution in [2.24, 2.45) is 0 Å². The second kappa shape index (κ2) is 4.69. The van der Waals surface area contributed by atoms with Crippen molar-refractivity contribution in [3.8, 4) is 0 Å². The number of nitrogens with zero attached hydrogens (tertiary/aromatic N) is 1. The molecule has 1 aliphatic rings. The number of hydrogen-bond donors (Lipinski definition) is 1. The summed E-state index contributed by atoms with van der Waals surface area (Å²) in [5.74, 6) is 1.51. The third kappa shape index (κ3) is 2.63. The van der Waals surface area contributed by atoms with Crippen LogP contribution in [0.1, 0.15) is 0 Å². The first-order valence-electron chi connectivity index (χ1n) is 4.82. The van der Waals surface area contributed by atoms with Gasteiger partial charge in [-0.25, -0.2) is 0 Å². The SMILES string of the molecule is Nc1cc(I)ccc1N1CCS(=O)CC1. The molecule has 1 aliphatic heterocycles. The maximum absolute atomic E-state index is 11.2. The topological polar surface area (TPSA) is 46.3 Å². The molecule has 0 spiro atoms. The maximum atomic E-state index is 11.2. The molecule has 5 heteroatoms. The van der Waals surface area contributed by atoms with Crippen LogP contribution in [0.3, 0.4) is 0 Å². The molecule has 0 bridgehead atoms. The average molecular weight is 336 g/mol. The highest BCUT2D eigenvalue weighted by atomic mass is 127. The highest BCUT2D eigenvalue weighted by Gasteiger charge is 2.17. The summed E-state index contributed by atoms with van der Waals surface area (Å²) in [6.45, 7) is 1.69. The fourth-order valence-corrected chi connectivity index (χ4v) is 3.26. The van der Waals surface area contributed by atoms with Gasteiger partial charge in [-0.15, -0.1) is 0 Å². The van der Waals surface area contributed by atoms with Crippen molar-refractivity contribution >= 4 is 44.8 Å². The molecular weight excluding hydrogens is 323 g/mol. The van der Waals surface area contributed by atoms with Crippen molar-refractivity contribution in [1.29, 1.82) is 0 Å². The molecule has 0 saturated carbocycles. The molecular formula is C10H13IN2OS. The largest absolute Gasteiger partial charge is 0.397 e. The van der Waals surface area contributed by atoms with Gasteiger partial charge < -0.3 is 10.6 Å². The number of benzene rings is 1. The second-order valence-electron chi connectivity index (χ2n) is 3.54. The van der Waals surface area contributed by atoms with Crippen LogP contribution in [0.15, 0.2) is 18.2 Å².